The van der Waals surface area contributed by atoms with Crippen LogP contribution in [0.15, 0.2) is 54.6 Å². The van der Waals surface area contributed by atoms with Crippen LogP contribution in [0.25, 0.3) is 0 Å². The second-order valence-electron chi connectivity index (χ2n) is 6.20. The van der Waals surface area contributed by atoms with Crippen LogP contribution in [0.4, 0.5) is 0 Å². The molecule has 0 heterocycles. The van der Waals surface area contributed by atoms with Crippen molar-refractivity contribution in [3.05, 3.63) is 65.7 Å². The number of methoxy groups -OCH3 is 1. The molecule has 0 fully saturated rings. The molecule has 2 rings (SSSR count). The maximum atomic E-state index is 12.6. The molecule has 0 aliphatic carbocycles. The first kappa shape index (κ1) is 19.5. The van der Waals surface area contributed by atoms with Crippen molar-refractivity contribution in [1.82, 2.24) is 10.6 Å². The SMILES string of the molecule is CCCC(=O)N[C@H](C)[C@@H](NC(=O)c1ccccc1)c1ccc(OC)cc1. The average molecular weight is 354 g/mol. The Bertz CT molecular complexity index is 714. The van der Waals surface area contributed by atoms with Crippen molar-refractivity contribution in [2.45, 2.75) is 38.8 Å². The highest BCUT2D eigenvalue weighted by Gasteiger charge is 2.23. The van der Waals surface area contributed by atoms with Crippen LogP contribution in [0.1, 0.15) is 48.7 Å². The molecule has 26 heavy (non-hydrogen) atoms. The van der Waals surface area contributed by atoms with E-state index in [4.69, 9.17) is 4.74 Å². The molecule has 2 N–H and O–H groups in total. The van der Waals surface area contributed by atoms with Gasteiger partial charge >= 0.3 is 0 Å². The number of ether oxygens (including phenoxy) is 1. The van der Waals surface area contributed by atoms with E-state index in [1.807, 2.05) is 56.3 Å². The van der Waals surface area contributed by atoms with Gasteiger partial charge in [-0.1, -0.05) is 37.3 Å². The lowest BCUT2D eigenvalue weighted by Crippen LogP contribution is -2.44. The van der Waals surface area contributed by atoms with Crippen molar-refractivity contribution < 1.29 is 14.3 Å². The van der Waals surface area contributed by atoms with E-state index in [9.17, 15) is 9.59 Å². The first-order valence-corrected chi connectivity index (χ1v) is 8.84. The zero-order valence-corrected chi connectivity index (χ0v) is 15.5. The van der Waals surface area contributed by atoms with E-state index in [1.165, 1.54) is 0 Å². The highest BCUT2D eigenvalue weighted by atomic mass is 16.5. The Balaban J connectivity index is 2.22. The highest BCUT2D eigenvalue weighted by molar-refractivity contribution is 5.94. The van der Waals surface area contributed by atoms with Crippen LogP contribution in [-0.2, 0) is 4.79 Å². The van der Waals surface area contributed by atoms with Crippen LogP contribution in [0.2, 0.25) is 0 Å². The Labute approximate surface area is 154 Å². The van der Waals surface area contributed by atoms with Crippen molar-refractivity contribution in [3.63, 3.8) is 0 Å². The summed E-state index contributed by atoms with van der Waals surface area (Å²) in [6.07, 6.45) is 1.24. The van der Waals surface area contributed by atoms with Crippen LogP contribution in [0.5, 0.6) is 5.75 Å². The number of amides is 2. The van der Waals surface area contributed by atoms with Gasteiger partial charge in [-0.3, -0.25) is 9.59 Å². The fourth-order valence-corrected chi connectivity index (χ4v) is 2.76. The number of carbonyl (C=O) groups excluding carboxylic acids is 2. The van der Waals surface area contributed by atoms with E-state index in [2.05, 4.69) is 10.6 Å². The molecular formula is C21H26N2O3. The number of carbonyl (C=O) groups is 2. The largest absolute Gasteiger partial charge is 0.497 e. The minimum absolute atomic E-state index is 0.0209. The maximum absolute atomic E-state index is 12.6. The van der Waals surface area contributed by atoms with Crippen LogP contribution in [0, 0.1) is 0 Å². The van der Waals surface area contributed by atoms with Crippen LogP contribution >= 0.6 is 0 Å². The van der Waals surface area contributed by atoms with Gasteiger partial charge in [0, 0.05) is 12.0 Å². The molecule has 0 radical (unpaired) electrons. The van der Waals surface area contributed by atoms with E-state index in [-0.39, 0.29) is 23.9 Å². The van der Waals surface area contributed by atoms with Gasteiger partial charge in [0.2, 0.25) is 5.91 Å². The lowest BCUT2D eigenvalue weighted by atomic mass is 9.99. The summed E-state index contributed by atoms with van der Waals surface area (Å²) in [4.78, 5) is 24.6. The number of benzene rings is 2. The van der Waals surface area contributed by atoms with Gasteiger partial charge in [-0.15, -0.1) is 0 Å². The van der Waals surface area contributed by atoms with Gasteiger partial charge in [0.15, 0.2) is 0 Å². The predicted octanol–water partition coefficient (Wildman–Crippen LogP) is 3.47. The Morgan fingerprint density at radius 2 is 1.65 bits per heavy atom. The molecule has 5 heteroatoms. The summed E-state index contributed by atoms with van der Waals surface area (Å²) in [6, 6.07) is 15.9. The normalized spacial score (nSPS) is 12.7. The molecule has 0 unspecified atom stereocenters. The van der Waals surface area contributed by atoms with Gasteiger partial charge in [0.05, 0.1) is 19.2 Å². The van der Waals surface area contributed by atoms with E-state index < -0.39 is 0 Å². The molecule has 2 aromatic rings. The summed E-state index contributed by atoms with van der Waals surface area (Å²) < 4.78 is 5.20. The first-order valence-electron chi connectivity index (χ1n) is 8.84. The number of rotatable bonds is 8. The maximum Gasteiger partial charge on any atom is 0.251 e. The Morgan fingerprint density at radius 1 is 1.00 bits per heavy atom. The zero-order chi connectivity index (χ0) is 18.9. The first-order chi connectivity index (χ1) is 12.5. The molecule has 5 nitrogen and oxygen atoms in total. The van der Waals surface area contributed by atoms with Gasteiger partial charge in [-0.05, 0) is 43.2 Å². The topological polar surface area (TPSA) is 67.4 Å². The molecule has 0 saturated heterocycles. The predicted molar refractivity (Wildman–Crippen MR) is 102 cm³/mol. The molecule has 2 aromatic carbocycles. The second-order valence-corrected chi connectivity index (χ2v) is 6.20. The lowest BCUT2D eigenvalue weighted by molar-refractivity contribution is -0.121. The highest BCUT2D eigenvalue weighted by Crippen LogP contribution is 2.21. The van der Waals surface area contributed by atoms with Crippen molar-refractivity contribution in [2.24, 2.45) is 0 Å². The second kappa shape index (κ2) is 9.61. The quantitative estimate of drug-likeness (QED) is 0.763. The summed E-state index contributed by atoms with van der Waals surface area (Å²) in [7, 11) is 1.61. The molecule has 0 spiro atoms. The van der Waals surface area contributed by atoms with Gasteiger partial charge in [-0.2, -0.15) is 0 Å². The third-order valence-electron chi connectivity index (χ3n) is 4.16. The molecule has 0 saturated carbocycles. The minimum atomic E-state index is -0.352. The van der Waals surface area contributed by atoms with Crippen LogP contribution < -0.4 is 15.4 Å². The molecule has 2 amide bonds. The van der Waals surface area contributed by atoms with E-state index >= 15 is 0 Å². The monoisotopic (exact) mass is 354 g/mol. The van der Waals surface area contributed by atoms with Gasteiger partial charge in [0.1, 0.15) is 5.75 Å². The lowest BCUT2D eigenvalue weighted by Gasteiger charge is -2.27. The zero-order valence-electron chi connectivity index (χ0n) is 15.5. The van der Waals surface area contributed by atoms with Crippen molar-refractivity contribution >= 4 is 11.8 Å². The summed E-state index contributed by atoms with van der Waals surface area (Å²) >= 11 is 0. The van der Waals surface area contributed by atoms with Crippen LogP contribution in [0.3, 0.4) is 0 Å². The van der Waals surface area contributed by atoms with Gasteiger partial charge in [0.25, 0.3) is 5.91 Å². The van der Waals surface area contributed by atoms with Crippen LogP contribution in [-0.4, -0.2) is 25.0 Å². The van der Waals surface area contributed by atoms with Gasteiger partial charge < -0.3 is 15.4 Å². The summed E-state index contributed by atoms with van der Waals surface area (Å²) in [6.45, 7) is 3.86. The molecule has 2 atom stereocenters. The molecule has 0 bridgehead atoms. The summed E-state index contributed by atoms with van der Waals surface area (Å²) in [5.41, 5.74) is 1.48. The van der Waals surface area contributed by atoms with Gasteiger partial charge in [-0.25, -0.2) is 0 Å². The van der Waals surface area contributed by atoms with E-state index in [0.29, 0.717) is 12.0 Å². The number of hydrogen-bond donors (Lipinski definition) is 2. The van der Waals surface area contributed by atoms with E-state index in [1.54, 1.807) is 19.2 Å². The Hall–Kier alpha value is -2.82. The smallest absolute Gasteiger partial charge is 0.251 e. The number of nitrogens with one attached hydrogen (secondary N) is 2. The third kappa shape index (κ3) is 5.34. The van der Waals surface area contributed by atoms with Crippen molar-refractivity contribution in [3.8, 4) is 5.75 Å². The third-order valence-corrected chi connectivity index (χ3v) is 4.16. The fraction of sp³-hybridized carbons (Fsp3) is 0.333. The number of hydrogen-bond acceptors (Lipinski definition) is 3. The molecule has 0 aromatic heterocycles. The molecule has 0 aliphatic heterocycles. The molecule has 0 aliphatic rings. The standard InChI is InChI=1S/C21H26N2O3/c1-4-8-19(24)22-15(2)20(16-11-13-18(26-3)14-12-16)23-21(25)17-9-6-5-7-10-17/h5-7,9-15,20H,4,8H2,1-3H3,(H,22,24)(H,23,25)/t15-,20-/m1/s1. The van der Waals surface area contributed by atoms with Crippen molar-refractivity contribution in [1.29, 1.82) is 0 Å². The summed E-state index contributed by atoms with van der Waals surface area (Å²) in [5.74, 6) is 0.542. The Kier molecular flexibility index (Phi) is 7.21. The molecular weight excluding hydrogens is 328 g/mol. The average Bonchev–Trinajstić information content (AvgIpc) is 2.66. The minimum Gasteiger partial charge on any atom is -0.497 e. The van der Waals surface area contributed by atoms with E-state index in [0.717, 1.165) is 17.7 Å². The summed E-state index contributed by atoms with van der Waals surface area (Å²) in [5, 5.41) is 6.02. The molecule has 138 valence electrons. The van der Waals surface area contributed by atoms with Crippen molar-refractivity contribution in [2.75, 3.05) is 7.11 Å². The Morgan fingerprint density at radius 3 is 2.23 bits per heavy atom. The fourth-order valence-electron chi connectivity index (χ4n) is 2.76.